The summed E-state index contributed by atoms with van der Waals surface area (Å²) in [6.07, 6.45) is 1.98. The van der Waals surface area contributed by atoms with Crippen LogP contribution in [-0.4, -0.2) is 11.3 Å². The molecule has 0 radical (unpaired) electrons. The van der Waals surface area contributed by atoms with Gasteiger partial charge in [-0.05, 0) is 43.0 Å². The fraction of sp³-hybridized carbons (Fsp3) is 0.278. The molecule has 0 saturated heterocycles. The molecule has 1 saturated carbocycles. The van der Waals surface area contributed by atoms with E-state index in [-0.39, 0.29) is 5.54 Å². The van der Waals surface area contributed by atoms with Gasteiger partial charge in [0.05, 0.1) is 0 Å². The first-order chi connectivity index (χ1) is 9.72. The first-order valence-electron chi connectivity index (χ1n) is 7.18. The third-order valence-corrected chi connectivity index (χ3v) is 4.69. The van der Waals surface area contributed by atoms with Crippen LogP contribution in [0.15, 0.2) is 48.5 Å². The summed E-state index contributed by atoms with van der Waals surface area (Å²) in [6.45, 7) is 2.97. The van der Waals surface area contributed by atoms with Gasteiger partial charge in [0.2, 0.25) is 0 Å². The largest absolute Gasteiger partial charge is 0.353 e. The number of hydrogen-bond acceptors (Lipinski definition) is 2. The van der Waals surface area contributed by atoms with Gasteiger partial charge in [-0.25, -0.2) is 0 Å². The number of fused-ring (bicyclic) bond motifs is 1. The Labute approximate surface area is 119 Å². The normalized spacial score (nSPS) is 18.4. The number of rotatable bonds is 2. The minimum atomic E-state index is -0.230. The molecular formula is C18H17NO. The SMILES string of the molecule is Cc1ccccc1CN1c2ccccc2C(=O)C12CC2. The quantitative estimate of drug-likeness (QED) is 0.822. The Morgan fingerprint density at radius 2 is 1.75 bits per heavy atom. The third-order valence-electron chi connectivity index (χ3n) is 4.69. The zero-order chi connectivity index (χ0) is 13.7. The number of anilines is 1. The Balaban J connectivity index is 1.78. The van der Waals surface area contributed by atoms with Gasteiger partial charge in [-0.1, -0.05) is 36.4 Å². The van der Waals surface area contributed by atoms with Crippen molar-refractivity contribution in [1.29, 1.82) is 0 Å². The molecule has 0 amide bonds. The van der Waals surface area contributed by atoms with Crippen molar-refractivity contribution in [1.82, 2.24) is 0 Å². The number of benzene rings is 2. The monoisotopic (exact) mass is 263 g/mol. The second kappa shape index (κ2) is 3.95. The molecule has 0 aromatic heterocycles. The summed E-state index contributed by atoms with van der Waals surface area (Å²) in [5.74, 6) is 0.321. The van der Waals surface area contributed by atoms with Crippen LogP contribution in [0.2, 0.25) is 0 Å². The van der Waals surface area contributed by atoms with Crippen molar-refractivity contribution in [2.75, 3.05) is 4.90 Å². The van der Waals surface area contributed by atoms with Gasteiger partial charge in [0.25, 0.3) is 0 Å². The number of ketones is 1. The van der Waals surface area contributed by atoms with Crippen LogP contribution in [0, 0.1) is 6.92 Å². The van der Waals surface area contributed by atoms with Crippen LogP contribution in [0.1, 0.15) is 34.3 Å². The Hall–Kier alpha value is -2.09. The molecule has 0 N–H and O–H groups in total. The summed E-state index contributed by atoms with van der Waals surface area (Å²) in [6, 6.07) is 16.5. The Morgan fingerprint density at radius 3 is 2.50 bits per heavy atom. The molecule has 1 heterocycles. The van der Waals surface area contributed by atoms with E-state index < -0.39 is 0 Å². The molecule has 2 nitrogen and oxygen atoms in total. The van der Waals surface area contributed by atoms with E-state index in [1.807, 2.05) is 18.2 Å². The van der Waals surface area contributed by atoms with Crippen LogP contribution in [0.25, 0.3) is 0 Å². The summed E-state index contributed by atoms with van der Waals surface area (Å²) >= 11 is 0. The average molecular weight is 263 g/mol. The van der Waals surface area contributed by atoms with Gasteiger partial charge in [0.15, 0.2) is 5.78 Å². The van der Waals surface area contributed by atoms with Gasteiger partial charge in [0.1, 0.15) is 5.54 Å². The molecule has 0 unspecified atom stereocenters. The first kappa shape index (κ1) is 11.7. The lowest BCUT2D eigenvalue weighted by Crippen LogP contribution is -2.37. The average Bonchev–Trinajstić information content (AvgIpc) is 3.23. The van der Waals surface area contributed by atoms with E-state index in [1.165, 1.54) is 11.1 Å². The van der Waals surface area contributed by atoms with Gasteiger partial charge in [0, 0.05) is 17.8 Å². The number of hydrogen-bond donors (Lipinski definition) is 0. The van der Waals surface area contributed by atoms with Crippen molar-refractivity contribution in [3.63, 3.8) is 0 Å². The van der Waals surface area contributed by atoms with Crippen molar-refractivity contribution in [2.24, 2.45) is 0 Å². The summed E-state index contributed by atoms with van der Waals surface area (Å²) in [7, 11) is 0. The number of carbonyl (C=O) groups is 1. The van der Waals surface area contributed by atoms with E-state index in [1.54, 1.807) is 0 Å². The maximum Gasteiger partial charge on any atom is 0.190 e. The van der Waals surface area contributed by atoms with Crippen molar-refractivity contribution in [3.8, 4) is 0 Å². The smallest absolute Gasteiger partial charge is 0.190 e. The van der Waals surface area contributed by atoms with Crippen molar-refractivity contribution in [2.45, 2.75) is 31.8 Å². The highest BCUT2D eigenvalue weighted by Crippen LogP contribution is 2.53. The predicted octanol–water partition coefficient (Wildman–Crippen LogP) is 3.73. The zero-order valence-corrected chi connectivity index (χ0v) is 11.6. The number of Topliss-reactive ketones (excluding diaryl/α,β-unsaturated/α-hetero) is 1. The molecule has 2 heteroatoms. The Morgan fingerprint density at radius 1 is 1.05 bits per heavy atom. The summed E-state index contributed by atoms with van der Waals surface area (Å²) < 4.78 is 0. The van der Waals surface area contributed by atoms with Gasteiger partial charge in [-0.2, -0.15) is 0 Å². The van der Waals surface area contributed by atoms with Crippen LogP contribution >= 0.6 is 0 Å². The molecule has 1 aliphatic heterocycles. The highest BCUT2D eigenvalue weighted by molar-refractivity contribution is 6.15. The first-order valence-corrected chi connectivity index (χ1v) is 7.18. The van der Waals surface area contributed by atoms with Crippen LogP contribution < -0.4 is 4.90 Å². The van der Waals surface area contributed by atoms with E-state index >= 15 is 0 Å². The highest BCUT2D eigenvalue weighted by atomic mass is 16.1. The lowest BCUT2D eigenvalue weighted by molar-refractivity contribution is 0.0958. The lowest BCUT2D eigenvalue weighted by atomic mass is 10.1. The highest BCUT2D eigenvalue weighted by Gasteiger charge is 2.59. The van der Waals surface area contributed by atoms with Crippen molar-refractivity contribution >= 4 is 11.5 Å². The maximum atomic E-state index is 12.6. The Bertz CT molecular complexity index is 700. The second-order valence-electron chi connectivity index (χ2n) is 5.89. The molecule has 2 aromatic carbocycles. The maximum absolute atomic E-state index is 12.6. The number of nitrogens with zero attached hydrogens (tertiary/aromatic N) is 1. The number of aryl methyl sites for hydroxylation is 1. The van der Waals surface area contributed by atoms with Crippen molar-refractivity contribution in [3.05, 3.63) is 65.2 Å². The zero-order valence-electron chi connectivity index (χ0n) is 11.6. The van der Waals surface area contributed by atoms with E-state index in [0.29, 0.717) is 5.78 Å². The minimum absolute atomic E-state index is 0.230. The van der Waals surface area contributed by atoms with Gasteiger partial charge >= 0.3 is 0 Å². The Kier molecular flexibility index (Phi) is 2.31. The second-order valence-corrected chi connectivity index (χ2v) is 5.89. The van der Waals surface area contributed by atoms with Crippen molar-refractivity contribution < 1.29 is 4.79 Å². The summed E-state index contributed by atoms with van der Waals surface area (Å²) in [4.78, 5) is 15.0. The molecule has 100 valence electrons. The van der Waals surface area contributed by atoms with E-state index in [4.69, 9.17) is 0 Å². The lowest BCUT2D eigenvalue weighted by Gasteiger charge is -2.27. The molecule has 1 aliphatic carbocycles. The van der Waals surface area contributed by atoms with Crippen LogP contribution in [0.3, 0.4) is 0 Å². The standard InChI is InChI=1S/C18H17NO/c1-13-6-2-3-7-14(13)12-19-16-9-5-4-8-15(16)17(20)18(19)10-11-18/h2-9H,10-12H2,1H3. The molecule has 4 rings (SSSR count). The molecule has 1 spiro atoms. The summed E-state index contributed by atoms with van der Waals surface area (Å²) in [5.41, 5.74) is 4.38. The van der Waals surface area contributed by atoms with Gasteiger partial charge < -0.3 is 4.90 Å². The van der Waals surface area contributed by atoms with Crippen LogP contribution in [0.4, 0.5) is 5.69 Å². The fourth-order valence-electron chi connectivity index (χ4n) is 3.31. The van der Waals surface area contributed by atoms with E-state index in [9.17, 15) is 4.79 Å². The number of carbonyl (C=O) groups excluding carboxylic acids is 1. The molecule has 0 atom stereocenters. The molecule has 2 aromatic rings. The predicted molar refractivity (Wildman–Crippen MR) is 80.1 cm³/mol. The molecule has 2 aliphatic rings. The van der Waals surface area contributed by atoms with Crippen LogP contribution in [0.5, 0.6) is 0 Å². The van der Waals surface area contributed by atoms with E-state index in [0.717, 1.165) is 30.6 Å². The molecule has 0 bridgehead atoms. The minimum Gasteiger partial charge on any atom is -0.353 e. The third kappa shape index (κ3) is 1.48. The number of para-hydroxylation sites is 1. The molecular weight excluding hydrogens is 246 g/mol. The topological polar surface area (TPSA) is 20.3 Å². The molecule has 1 fully saturated rings. The van der Waals surface area contributed by atoms with Crippen LogP contribution in [-0.2, 0) is 6.54 Å². The summed E-state index contributed by atoms with van der Waals surface area (Å²) in [5, 5.41) is 0. The fourth-order valence-corrected chi connectivity index (χ4v) is 3.31. The van der Waals surface area contributed by atoms with Gasteiger partial charge in [-0.3, -0.25) is 4.79 Å². The molecule has 20 heavy (non-hydrogen) atoms. The van der Waals surface area contributed by atoms with Gasteiger partial charge in [-0.15, -0.1) is 0 Å². The van der Waals surface area contributed by atoms with E-state index in [2.05, 4.69) is 42.2 Å².